The normalized spacial score (nSPS) is 10.5. The fourth-order valence-electron chi connectivity index (χ4n) is 1.48. The first-order valence-corrected chi connectivity index (χ1v) is 6.76. The van der Waals surface area contributed by atoms with Crippen molar-refractivity contribution in [3.63, 3.8) is 0 Å². The Bertz CT molecular complexity index is 282. The molecule has 14 heavy (non-hydrogen) atoms. The molecule has 0 fully saturated rings. The lowest BCUT2D eigenvalue weighted by atomic mass is 10.1. The van der Waals surface area contributed by atoms with Crippen LogP contribution in [0.5, 0.6) is 0 Å². The molecule has 0 amide bonds. The van der Waals surface area contributed by atoms with E-state index in [1.54, 1.807) is 0 Å². The summed E-state index contributed by atoms with van der Waals surface area (Å²) < 4.78 is 2.41. The fourth-order valence-corrected chi connectivity index (χ4v) is 2.33. The van der Waals surface area contributed by atoms with E-state index in [9.17, 15) is 0 Å². The third-order valence-electron chi connectivity index (χ3n) is 2.31. The van der Waals surface area contributed by atoms with Gasteiger partial charge in [0.1, 0.15) is 0 Å². The van der Waals surface area contributed by atoms with Crippen LogP contribution >= 0.6 is 31.9 Å². The number of halogens is 2. The van der Waals surface area contributed by atoms with Gasteiger partial charge in [-0.05, 0) is 36.6 Å². The molecule has 1 rings (SSSR count). The largest absolute Gasteiger partial charge is 0.0654 e. The standard InChI is InChI=1S/C12H16Br2/c1-2-3-4-5-6-10-9-11(13)7-8-12(10)14/h7-9H,2-6H2,1H3. The Morgan fingerprint density at radius 2 is 1.86 bits per heavy atom. The Morgan fingerprint density at radius 3 is 2.57 bits per heavy atom. The van der Waals surface area contributed by atoms with Crippen molar-refractivity contribution in [1.82, 2.24) is 0 Å². The maximum atomic E-state index is 3.58. The van der Waals surface area contributed by atoms with Gasteiger partial charge in [0.15, 0.2) is 0 Å². The first-order valence-electron chi connectivity index (χ1n) is 5.18. The van der Waals surface area contributed by atoms with E-state index < -0.39 is 0 Å². The van der Waals surface area contributed by atoms with E-state index in [1.807, 2.05) is 0 Å². The Morgan fingerprint density at radius 1 is 1.07 bits per heavy atom. The van der Waals surface area contributed by atoms with Gasteiger partial charge < -0.3 is 0 Å². The van der Waals surface area contributed by atoms with Crippen molar-refractivity contribution in [3.8, 4) is 0 Å². The van der Waals surface area contributed by atoms with Crippen molar-refractivity contribution >= 4 is 31.9 Å². The van der Waals surface area contributed by atoms with Gasteiger partial charge in [-0.15, -0.1) is 0 Å². The van der Waals surface area contributed by atoms with Crippen molar-refractivity contribution in [2.24, 2.45) is 0 Å². The van der Waals surface area contributed by atoms with Gasteiger partial charge in [-0.3, -0.25) is 0 Å². The summed E-state index contributed by atoms with van der Waals surface area (Å²) in [5.74, 6) is 0. The van der Waals surface area contributed by atoms with Crippen molar-refractivity contribution in [2.45, 2.75) is 39.0 Å². The molecule has 0 aliphatic rings. The van der Waals surface area contributed by atoms with Gasteiger partial charge in [-0.2, -0.15) is 0 Å². The van der Waals surface area contributed by atoms with E-state index in [-0.39, 0.29) is 0 Å². The van der Waals surface area contributed by atoms with E-state index >= 15 is 0 Å². The van der Waals surface area contributed by atoms with Crippen LogP contribution in [0.15, 0.2) is 27.1 Å². The summed E-state index contributed by atoms with van der Waals surface area (Å²) >= 11 is 7.08. The molecular formula is C12H16Br2. The molecule has 0 saturated carbocycles. The molecule has 0 nitrogen and oxygen atoms in total. The highest BCUT2D eigenvalue weighted by Crippen LogP contribution is 2.23. The molecule has 0 unspecified atom stereocenters. The minimum atomic E-state index is 1.17. The smallest absolute Gasteiger partial charge is 0.0208 e. The number of unbranched alkanes of at least 4 members (excludes halogenated alkanes) is 3. The van der Waals surface area contributed by atoms with Gasteiger partial charge >= 0.3 is 0 Å². The topological polar surface area (TPSA) is 0 Å². The zero-order valence-electron chi connectivity index (χ0n) is 8.52. The minimum Gasteiger partial charge on any atom is -0.0654 e. The van der Waals surface area contributed by atoms with Gasteiger partial charge in [0, 0.05) is 8.95 Å². The van der Waals surface area contributed by atoms with Crippen LogP contribution in [0.1, 0.15) is 38.2 Å². The first-order chi connectivity index (χ1) is 6.74. The lowest BCUT2D eigenvalue weighted by molar-refractivity contribution is 0.666. The third kappa shape index (κ3) is 4.14. The lowest BCUT2D eigenvalue weighted by Crippen LogP contribution is -1.87. The molecular weight excluding hydrogens is 304 g/mol. The summed E-state index contributed by atoms with van der Waals surface area (Å²) in [6.07, 6.45) is 6.48. The van der Waals surface area contributed by atoms with Crippen LogP contribution in [0.3, 0.4) is 0 Å². The Labute approximate surface area is 103 Å². The summed E-state index contributed by atoms with van der Waals surface area (Å²) in [6.45, 7) is 2.25. The van der Waals surface area contributed by atoms with Crippen molar-refractivity contribution in [3.05, 3.63) is 32.7 Å². The molecule has 0 aromatic heterocycles. The Balaban J connectivity index is 2.45. The highest BCUT2D eigenvalue weighted by Gasteiger charge is 2.00. The molecule has 0 heterocycles. The van der Waals surface area contributed by atoms with Crippen LogP contribution in [0, 0.1) is 0 Å². The summed E-state index contributed by atoms with van der Waals surface area (Å²) in [7, 11) is 0. The van der Waals surface area contributed by atoms with Crippen LogP contribution in [0.4, 0.5) is 0 Å². The highest BCUT2D eigenvalue weighted by atomic mass is 79.9. The molecule has 78 valence electrons. The lowest BCUT2D eigenvalue weighted by Gasteiger charge is -2.04. The van der Waals surface area contributed by atoms with Crippen molar-refractivity contribution in [1.29, 1.82) is 0 Å². The van der Waals surface area contributed by atoms with Crippen molar-refractivity contribution < 1.29 is 0 Å². The quantitative estimate of drug-likeness (QED) is 0.643. The van der Waals surface area contributed by atoms with Crippen LogP contribution in [-0.2, 0) is 6.42 Å². The molecule has 0 aliphatic heterocycles. The van der Waals surface area contributed by atoms with Gasteiger partial charge in [-0.25, -0.2) is 0 Å². The molecule has 1 aromatic rings. The number of benzene rings is 1. The minimum absolute atomic E-state index is 1.17. The molecule has 0 aliphatic carbocycles. The zero-order valence-corrected chi connectivity index (χ0v) is 11.7. The molecule has 1 aromatic carbocycles. The van der Waals surface area contributed by atoms with Gasteiger partial charge in [0.05, 0.1) is 0 Å². The second-order valence-electron chi connectivity index (χ2n) is 3.55. The van der Waals surface area contributed by atoms with Gasteiger partial charge in [-0.1, -0.05) is 58.0 Å². The van der Waals surface area contributed by atoms with E-state index in [0.717, 1.165) is 0 Å². The zero-order chi connectivity index (χ0) is 10.4. The van der Waals surface area contributed by atoms with Crippen LogP contribution in [0.25, 0.3) is 0 Å². The predicted molar refractivity (Wildman–Crippen MR) is 69.7 cm³/mol. The molecule has 0 N–H and O–H groups in total. The molecule has 0 saturated heterocycles. The fraction of sp³-hybridized carbons (Fsp3) is 0.500. The summed E-state index contributed by atoms with van der Waals surface area (Å²) in [6, 6.07) is 6.38. The number of aryl methyl sites for hydroxylation is 1. The summed E-state index contributed by atoms with van der Waals surface area (Å²) in [5.41, 5.74) is 1.41. The molecule has 2 heteroatoms. The van der Waals surface area contributed by atoms with Gasteiger partial charge in [0.2, 0.25) is 0 Å². The van der Waals surface area contributed by atoms with E-state index in [0.29, 0.717) is 0 Å². The average molecular weight is 320 g/mol. The average Bonchev–Trinajstić information content (AvgIpc) is 2.18. The molecule has 0 atom stereocenters. The van der Waals surface area contributed by atoms with E-state index in [4.69, 9.17) is 0 Å². The van der Waals surface area contributed by atoms with E-state index in [1.165, 1.54) is 46.6 Å². The third-order valence-corrected chi connectivity index (χ3v) is 3.57. The summed E-state index contributed by atoms with van der Waals surface area (Å²) in [4.78, 5) is 0. The van der Waals surface area contributed by atoms with Crippen molar-refractivity contribution in [2.75, 3.05) is 0 Å². The maximum Gasteiger partial charge on any atom is 0.0208 e. The molecule has 0 radical (unpaired) electrons. The number of hydrogen-bond donors (Lipinski definition) is 0. The number of rotatable bonds is 5. The first kappa shape index (κ1) is 12.3. The Kier molecular flexibility index (Phi) is 5.80. The molecule has 0 bridgehead atoms. The highest BCUT2D eigenvalue weighted by molar-refractivity contribution is 9.11. The second kappa shape index (κ2) is 6.62. The van der Waals surface area contributed by atoms with E-state index in [2.05, 4.69) is 57.0 Å². The Hall–Kier alpha value is 0.180. The SMILES string of the molecule is CCCCCCc1cc(Br)ccc1Br. The van der Waals surface area contributed by atoms with Crippen LogP contribution < -0.4 is 0 Å². The van der Waals surface area contributed by atoms with Gasteiger partial charge in [0.25, 0.3) is 0 Å². The predicted octanol–water partition coefficient (Wildman–Crippen LogP) is 5.33. The van der Waals surface area contributed by atoms with Crippen LogP contribution in [-0.4, -0.2) is 0 Å². The summed E-state index contributed by atoms with van der Waals surface area (Å²) in [5, 5.41) is 0. The second-order valence-corrected chi connectivity index (χ2v) is 5.32. The van der Waals surface area contributed by atoms with Crippen LogP contribution in [0.2, 0.25) is 0 Å². The number of hydrogen-bond acceptors (Lipinski definition) is 0. The monoisotopic (exact) mass is 318 g/mol. The molecule has 0 spiro atoms. The maximum absolute atomic E-state index is 3.58.